The van der Waals surface area contributed by atoms with Gasteiger partial charge in [-0.05, 0) is 31.2 Å². The molecule has 1 aromatic rings. The van der Waals surface area contributed by atoms with Crippen LogP contribution in [-0.2, 0) is 4.79 Å². The van der Waals surface area contributed by atoms with Crippen molar-refractivity contribution in [3.63, 3.8) is 0 Å². The van der Waals surface area contributed by atoms with Crippen molar-refractivity contribution in [2.24, 2.45) is 0 Å². The minimum atomic E-state index is -0.167. The predicted octanol–water partition coefficient (Wildman–Crippen LogP) is 1.34. The predicted molar refractivity (Wildman–Crippen MR) is 64.2 cm³/mol. The zero-order valence-electron chi connectivity index (χ0n) is 9.32. The second kappa shape index (κ2) is 5.80. The average molecular weight is 220 g/mol. The molecule has 0 aromatic heterocycles. The van der Waals surface area contributed by atoms with Gasteiger partial charge in [0.05, 0.1) is 0 Å². The molecule has 0 atom stereocenters. The number of nitrogens with two attached hydrogens (primary N) is 1. The first kappa shape index (κ1) is 12.1. The summed E-state index contributed by atoms with van der Waals surface area (Å²) >= 11 is 0. The van der Waals surface area contributed by atoms with E-state index in [0.717, 1.165) is 5.57 Å². The van der Waals surface area contributed by atoms with E-state index < -0.39 is 0 Å². The highest BCUT2D eigenvalue weighted by Crippen LogP contribution is 2.12. The lowest BCUT2D eigenvalue weighted by Crippen LogP contribution is -2.29. The number of carbonyl (C=O) groups excluding carboxylic acids is 1. The van der Waals surface area contributed by atoms with Gasteiger partial charge in [0.25, 0.3) is 5.91 Å². The first-order valence-electron chi connectivity index (χ1n) is 4.97. The standard InChI is InChI=1S/C12H16N2O2/c1-9(2)7-14-12(15)8-16-11-5-3-10(13)4-6-11/h3-6H,1,7-8,13H2,2H3,(H,14,15). The zero-order valence-corrected chi connectivity index (χ0v) is 9.32. The number of benzene rings is 1. The summed E-state index contributed by atoms with van der Waals surface area (Å²) in [6.07, 6.45) is 0. The van der Waals surface area contributed by atoms with Crippen LogP contribution in [0.4, 0.5) is 5.69 Å². The molecule has 0 unspecified atom stereocenters. The monoisotopic (exact) mass is 220 g/mol. The van der Waals surface area contributed by atoms with Gasteiger partial charge in [0.2, 0.25) is 0 Å². The van der Waals surface area contributed by atoms with E-state index in [0.29, 0.717) is 18.0 Å². The van der Waals surface area contributed by atoms with Crippen molar-refractivity contribution in [3.8, 4) is 5.75 Å². The largest absolute Gasteiger partial charge is 0.484 e. The molecule has 0 aliphatic rings. The number of ether oxygens (including phenoxy) is 1. The van der Waals surface area contributed by atoms with Crippen LogP contribution in [0.5, 0.6) is 5.75 Å². The average Bonchev–Trinajstić information content (AvgIpc) is 2.25. The molecular weight excluding hydrogens is 204 g/mol. The molecule has 0 heterocycles. The Morgan fingerprint density at radius 2 is 2.06 bits per heavy atom. The van der Waals surface area contributed by atoms with Gasteiger partial charge in [-0.2, -0.15) is 0 Å². The van der Waals surface area contributed by atoms with Gasteiger partial charge < -0.3 is 15.8 Å². The summed E-state index contributed by atoms with van der Waals surface area (Å²) in [6.45, 7) is 6.01. The highest BCUT2D eigenvalue weighted by molar-refractivity contribution is 5.77. The number of amides is 1. The van der Waals surface area contributed by atoms with Crippen molar-refractivity contribution >= 4 is 11.6 Å². The summed E-state index contributed by atoms with van der Waals surface area (Å²) in [5, 5.41) is 2.68. The van der Waals surface area contributed by atoms with Gasteiger partial charge in [0, 0.05) is 12.2 Å². The van der Waals surface area contributed by atoms with Crippen LogP contribution in [0.3, 0.4) is 0 Å². The molecule has 0 fully saturated rings. The molecule has 0 bridgehead atoms. The summed E-state index contributed by atoms with van der Waals surface area (Å²) in [6, 6.07) is 6.89. The molecule has 0 spiro atoms. The van der Waals surface area contributed by atoms with E-state index in [1.54, 1.807) is 24.3 Å². The summed E-state index contributed by atoms with van der Waals surface area (Å²) < 4.78 is 5.26. The number of nitrogen functional groups attached to an aromatic ring is 1. The molecule has 0 aliphatic carbocycles. The number of anilines is 1. The Morgan fingerprint density at radius 1 is 1.44 bits per heavy atom. The molecule has 0 saturated carbocycles. The van der Waals surface area contributed by atoms with Crippen molar-refractivity contribution in [1.82, 2.24) is 5.32 Å². The number of hydrogen-bond donors (Lipinski definition) is 2. The first-order chi connectivity index (χ1) is 7.58. The van der Waals surface area contributed by atoms with Gasteiger partial charge in [-0.25, -0.2) is 0 Å². The second-order valence-corrected chi connectivity index (χ2v) is 3.59. The SMILES string of the molecule is C=C(C)CNC(=O)COc1ccc(N)cc1. The molecule has 1 rings (SSSR count). The van der Waals surface area contributed by atoms with Crippen LogP contribution < -0.4 is 15.8 Å². The maximum atomic E-state index is 11.3. The Balaban J connectivity index is 2.31. The third kappa shape index (κ3) is 4.50. The topological polar surface area (TPSA) is 64.3 Å². The molecule has 1 aromatic carbocycles. The Bertz CT molecular complexity index is 371. The Morgan fingerprint density at radius 3 is 2.62 bits per heavy atom. The fourth-order valence-electron chi connectivity index (χ4n) is 1.01. The van der Waals surface area contributed by atoms with Crippen molar-refractivity contribution in [2.45, 2.75) is 6.92 Å². The van der Waals surface area contributed by atoms with Gasteiger partial charge in [0.15, 0.2) is 6.61 Å². The van der Waals surface area contributed by atoms with Crippen molar-refractivity contribution in [2.75, 3.05) is 18.9 Å². The van der Waals surface area contributed by atoms with Crippen LogP contribution >= 0.6 is 0 Å². The molecule has 4 heteroatoms. The van der Waals surface area contributed by atoms with Gasteiger partial charge in [0.1, 0.15) is 5.75 Å². The number of nitrogens with one attached hydrogen (secondary N) is 1. The van der Waals surface area contributed by atoms with Crippen LogP contribution in [0.2, 0.25) is 0 Å². The van der Waals surface area contributed by atoms with Crippen LogP contribution in [-0.4, -0.2) is 19.1 Å². The quantitative estimate of drug-likeness (QED) is 0.581. The highest BCUT2D eigenvalue weighted by atomic mass is 16.5. The van der Waals surface area contributed by atoms with Gasteiger partial charge in [-0.3, -0.25) is 4.79 Å². The van der Waals surface area contributed by atoms with Crippen molar-refractivity contribution in [1.29, 1.82) is 0 Å². The van der Waals surface area contributed by atoms with E-state index in [9.17, 15) is 4.79 Å². The fourth-order valence-corrected chi connectivity index (χ4v) is 1.01. The van der Waals surface area contributed by atoms with E-state index in [1.807, 2.05) is 6.92 Å². The van der Waals surface area contributed by atoms with Crippen molar-refractivity contribution < 1.29 is 9.53 Å². The Kier molecular flexibility index (Phi) is 4.39. The summed E-state index contributed by atoms with van der Waals surface area (Å²) in [5.41, 5.74) is 7.09. The van der Waals surface area contributed by atoms with Crippen LogP contribution in [0.1, 0.15) is 6.92 Å². The second-order valence-electron chi connectivity index (χ2n) is 3.59. The van der Waals surface area contributed by atoms with Crippen LogP contribution in [0.25, 0.3) is 0 Å². The lowest BCUT2D eigenvalue weighted by molar-refractivity contribution is -0.122. The lowest BCUT2D eigenvalue weighted by Gasteiger charge is -2.07. The number of rotatable bonds is 5. The van der Waals surface area contributed by atoms with Crippen LogP contribution in [0.15, 0.2) is 36.4 Å². The Hall–Kier alpha value is -1.97. The van der Waals surface area contributed by atoms with E-state index in [1.165, 1.54) is 0 Å². The summed E-state index contributed by atoms with van der Waals surface area (Å²) in [7, 11) is 0. The maximum absolute atomic E-state index is 11.3. The van der Waals surface area contributed by atoms with Crippen LogP contribution in [0, 0.1) is 0 Å². The number of carbonyl (C=O) groups is 1. The normalized spacial score (nSPS) is 9.56. The third-order valence-electron chi connectivity index (χ3n) is 1.84. The number of hydrogen-bond acceptors (Lipinski definition) is 3. The minimum absolute atomic E-state index is 0.00278. The van der Waals surface area contributed by atoms with E-state index in [2.05, 4.69) is 11.9 Å². The highest BCUT2D eigenvalue weighted by Gasteiger charge is 2.01. The van der Waals surface area contributed by atoms with Gasteiger partial charge in [-0.1, -0.05) is 12.2 Å². The lowest BCUT2D eigenvalue weighted by atomic mass is 10.3. The van der Waals surface area contributed by atoms with E-state index in [4.69, 9.17) is 10.5 Å². The molecule has 3 N–H and O–H groups in total. The molecule has 0 saturated heterocycles. The summed E-state index contributed by atoms with van der Waals surface area (Å²) in [5.74, 6) is 0.458. The third-order valence-corrected chi connectivity index (χ3v) is 1.84. The summed E-state index contributed by atoms with van der Waals surface area (Å²) in [4.78, 5) is 11.3. The molecule has 0 radical (unpaired) electrons. The Labute approximate surface area is 95.1 Å². The molecule has 4 nitrogen and oxygen atoms in total. The molecule has 86 valence electrons. The first-order valence-corrected chi connectivity index (χ1v) is 4.97. The maximum Gasteiger partial charge on any atom is 0.258 e. The van der Waals surface area contributed by atoms with Gasteiger partial charge in [-0.15, -0.1) is 0 Å². The zero-order chi connectivity index (χ0) is 12.0. The minimum Gasteiger partial charge on any atom is -0.484 e. The molecule has 1 amide bonds. The molecular formula is C12H16N2O2. The fraction of sp³-hybridized carbons (Fsp3) is 0.250. The molecule has 16 heavy (non-hydrogen) atoms. The molecule has 0 aliphatic heterocycles. The van der Waals surface area contributed by atoms with E-state index in [-0.39, 0.29) is 12.5 Å². The smallest absolute Gasteiger partial charge is 0.258 e. The van der Waals surface area contributed by atoms with Gasteiger partial charge >= 0.3 is 0 Å². The van der Waals surface area contributed by atoms with E-state index >= 15 is 0 Å². The van der Waals surface area contributed by atoms with Crippen molar-refractivity contribution in [3.05, 3.63) is 36.4 Å².